The Morgan fingerprint density at radius 2 is 1.30 bits per heavy atom. The van der Waals surface area contributed by atoms with Gasteiger partial charge in [0.15, 0.2) is 0 Å². The zero-order valence-electron chi connectivity index (χ0n) is 20.1. The van der Waals surface area contributed by atoms with Gasteiger partial charge in [-0.25, -0.2) is 0 Å². The van der Waals surface area contributed by atoms with E-state index in [0.717, 1.165) is 19.3 Å². The lowest BCUT2D eigenvalue weighted by atomic mass is 9.91. The van der Waals surface area contributed by atoms with Crippen LogP contribution in [0.5, 0.6) is 0 Å². The first-order valence-electron chi connectivity index (χ1n) is 12.2. The quantitative estimate of drug-likeness (QED) is 0.0825. The molecule has 1 aromatic carbocycles. The van der Waals surface area contributed by atoms with Gasteiger partial charge in [-0.1, -0.05) is 92.3 Å². The van der Waals surface area contributed by atoms with E-state index in [-0.39, 0.29) is 5.92 Å². The van der Waals surface area contributed by atoms with Gasteiger partial charge in [-0.2, -0.15) is 0 Å². The van der Waals surface area contributed by atoms with Gasteiger partial charge in [0.2, 0.25) is 0 Å². The summed E-state index contributed by atoms with van der Waals surface area (Å²) in [4.78, 5) is 0. The minimum absolute atomic E-state index is 0.228. The third kappa shape index (κ3) is 9.97. The van der Waals surface area contributed by atoms with E-state index in [1.54, 1.807) is 0 Å². The Balaban J connectivity index is 2.85. The Kier molecular flexibility index (Phi) is 15.3. The maximum absolute atomic E-state index is 6.16. The average molecular weight is 533 g/mol. The van der Waals surface area contributed by atoms with Crippen molar-refractivity contribution in [3.05, 3.63) is 35.4 Å². The molecule has 30 heavy (non-hydrogen) atoms. The highest BCUT2D eigenvalue weighted by molar-refractivity contribution is 14.1. The second-order valence-electron chi connectivity index (χ2n) is 8.05. The highest BCUT2D eigenvalue weighted by atomic mass is 127. The molecule has 0 saturated heterocycles. The number of hydrogen-bond acceptors (Lipinski definition) is 3. The van der Waals surface area contributed by atoms with Crippen molar-refractivity contribution in [2.45, 2.75) is 102 Å². The zero-order chi connectivity index (χ0) is 22.2. The molecule has 0 N–H and O–H groups in total. The maximum atomic E-state index is 6.16. The van der Waals surface area contributed by atoms with Gasteiger partial charge in [-0.05, 0) is 58.1 Å². The Morgan fingerprint density at radius 3 is 1.80 bits per heavy atom. The van der Waals surface area contributed by atoms with E-state index in [0.29, 0.717) is 23.7 Å². The molecule has 0 aromatic heterocycles. The van der Waals surface area contributed by atoms with E-state index in [9.17, 15) is 0 Å². The number of ether oxygens (including phenoxy) is 3. The predicted octanol–water partition coefficient (Wildman–Crippen LogP) is 8.25. The van der Waals surface area contributed by atoms with Crippen LogP contribution in [0.4, 0.5) is 0 Å². The van der Waals surface area contributed by atoms with E-state index in [2.05, 4.69) is 60.7 Å². The number of unbranched alkanes of at least 4 members (excludes halogenated alkanes) is 5. The molecule has 1 rings (SSSR count). The number of rotatable bonds is 18. The number of hydrogen-bond donors (Lipinski definition) is 0. The summed E-state index contributed by atoms with van der Waals surface area (Å²) < 4.78 is 19.0. The van der Waals surface area contributed by atoms with E-state index in [1.807, 2.05) is 20.8 Å². The van der Waals surface area contributed by atoms with E-state index < -0.39 is 5.97 Å². The Labute approximate surface area is 199 Å². The van der Waals surface area contributed by atoms with Crippen LogP contribution in [0.2, 0.25) is 0 Å². The summed E-state index contributed by atoms with van der Waals surface area (Å²) in [5.41, 5.74) is 2.76. The minimum Gasteiger partial charge on any atom is -0.328 e. The van der Waals surface area contributed by atoms with Crippen molar-refractivity contribution in [2.75, 3.05) is 19.8 Å². The van der Waals surface area contributed by atoms with Gasteiger partial charge < -0.3 is 14.2 Å². The van der Waals surface area contributed by atoms with Crippen molar-refractivity contribution in [1.29, 1.82) is 0 Å². The van der Waals surface area contributed by atoms with Gasteiger partial charge in [-0.15, -0.1) is 0 Å². The molecule has 0 spiro atoms. The Morgan fingerprint density at radius 1 is 0.767 bits per heavy atom. The SMILES string of the molecule is CCCCCCCCC(CCc1ccc(C(C)I)cc1)C(OCC)(OCC)OCC. The van der Waals surface area contributed by atoms with Crippen LogP contribution in [0, 0.1) is 5.92 Å². The van der Waals surface area contributed by atoms with Crippen LogP contribution >= 0.6 is 22.6 Å². The largest absolute Gasteiger partial charge is 0.328 e. The van der Waals surface area contributed by atoms with Crippen molar-refractivity contribution < 1.29 is 14.2 Å². The molecule has 1 aromatic rings. The van der Waals surface area contributed by atoms with Gasteiger partial charge in [0.05, 0.1) is 0 Å². The third-order valence-electron chi connectivity index (χ3n) is 5.66. The lowest BCUT2D eigenvalue weighted by Crippen LogP contribution is -2.47. The fourth-order valence-electron chi connectivity index (χ4n) is 4.04. The molecule has 0 bridgehead atoms. The van der Waals surface area contributed by atoms with Gasteiger partial charge in [-0.3, -0.25) is 0 Å². The topological polar surface area (TPSA) is 27.7 Å². The normalized spacial score (nSPS) is 14.1. The minimum atomic E-state index is -0.918. The molecule has 0 heterocycles. The van der Waals surface area contributed by atoms with Gasteiger partial charge >= 0.3 is 0 Å². The van der Waals surface area contributed by atoms with Crippen molar-refractivity contribution in [1.82, 2.24) is 0 Å². The lowest BCUT2D eigenvalue weighted by Gasteiger charge is -2.39. The molecule has 3 nitrogen and oxygen atoms in total. The monoisotopic (exact) mass is 532 g/mol. The number of halogens is 1. The summed E-state index contributed by atoms with van der Waals surface area (Å²) in [5, 5.41) is 0. The van der Waals surface area contributed by atoms with E-state index >= 15 is 0 Å². The number of aryl methyl sites for hydroxylation is 1. The Bertz CT molecular complexity index is 513. The molecule has 0 fully saturated rings. The molecule has 2 atom stereocenters. The van der Waals surface area contributed by atoms with Crippen molar-refractivity contribution in [3.63, 3.8) is 0 Å². The molecular formula is C26H45IO3. The predicted molar refractivity (Wildman–Crippen MR) is 136 cm³/mol. The standard InChI is InChI=1S/C26H45IO3/c1-6-10-11-12-13-14-15-25(26(28-7-2,29-8-3)30-9-4)21-18-23-16-19-24(20-17-23)22(5)27/h16-17,19-20,22,25H,6-15,18,21H2,1-5H3. The molecule has 0 radical (unpaired) electrons. The zero-order valence-corrected chi connectivity index (χ0v) is 22.2. The summed E-state index contributed by atoms with van der Waals surface area (Å²) >= 11 is 2.47. The summed E-state index contributed by atoms with van der Waals surface area (Å²) in [6, 6.07) is 9.07. The molecular weight excluding hydrogens is 487 g/mol. The number of alkyl halides is 1. The van der Waals surface area contributed by atoms with Crippen LogP contribution in [-0.2, 0) is 20.6 Å². The van der Waals surface area contributed by atoms with E-state index in [1.165, 1.54) is 49.7 Å². The second-order valence-corrected chi connectivity index (χ2v) is 9.92. The molecule has 0 aliphatic rings. The molecule has 0 aliphatic heterocycles. The molecule has 2 unspecified atom stereocenters. The third-order valence-corrected chi connectivity index (χ3v) is 6.38. The first-order chi connectivity index (χ1) is 14.5. The van der Waals surface area contributed by atoms with Crippen molar-refractivity contribution in [2.24, 2.45) is 5.92 Å². The Hall–Kier alpha value is -0.170. The first kappa shape index (κ1) is 27.9. The summed E-state index contributed by atoms with van der Waals surface area (Å²) in [7, 11) is 0. The van der Waals surface area contributed by atoms with Crippen LogP contribution in [0.3, 0.4) is 0 Å². The smallest absolute Gasteiger partial charge is 0.285 e. The number of benzene rings is 1. The molecule has 0 saturated carbocycles. The molecule has 0 amide bonds. The van der Waals surface area contributed by atoms with Gasteiger partial charge in [0.25, 0.3) is 5.97 Å². The van der Waals surface area contributed by atoms with Crippen molar-refractivity contribution >= 4 is 22.6 Å². The summed E-state index contributed by atoms with van der Waals surface area (Å²) in [6.07, 6.45) is 10.9. The van der Waals surface area contributed by atoms with Gasteiger partial charge in [0.1, 0.15) is 0 Å². The van der Waals surface area contributed by atoms with Crippen LogP contribution < -0.4 is 0 Å². The van der Waals surface area contributed by atoms with E-state index in [4.69, 9.17) is 14.2 Å². The van der Waals surface area contributed by atoms with Crippen LogP contribution in [-0.4, -0.2) is 25.8 Å². The van der Waals surface area contributed by atoms with Crippen LogP contribution in [0.15, 0.2) is 24.3 Å². The molecule has 4 heteroatoms. The van der Waals surface area contributed by atoms with Crippen LogP contribution in [0.25, 0.3) is 0 Å². The molecule has 174 valence electrons. The second kappa shape index (κ2) is 16.5. The average Bonchev–Trinajstić information content (AvgIpc) is 2.73. The fourth-order valence-corrected chi connectivity index (χ4v) is 4.46. The first-order valence-corrected chi connectivity index (χ1v) is 13.4. The summed E-state index contributed by atoms with van der Waals surface area (Å²) in [6.45, 7) is 12.4. The highest BCUT2D eigenvalue weighted by Crippen LogP contribution is 2.34. The maximum Gasteiger partial charge on any atom is 0.285 e. The lowest BCUT2D eigenvalue weighted by molar-refractivity contribution is -0.403. The van der Waals surface area contributed by atoms with Crippen LogP contribution in [0.1, 0.15) is 101 Å². The summed E-state index contributed by atoms with van der Waals surface area (Å²) in [5.74, 6) is -0.690. The highest BCUT2D eigenvalue weighted by Gasteiger charge is 2.41. The fraction of sp³-hybridized carbons (Fsp3) is 0.769. The van der Waals surface area contributed by atoms with Crippen molar-refractivity contribution in [3.8, 4) is 0 Å². The molecule has 0 aliphatic carbocycles. The van der Waals surface area contributed by atoms with Gasteiger partial charge in [0, 0.05) is 29.7 Å².